The number of likely N-dealkylation sites (tertiary alicyclic amines) is 1. The van der Waals surface area contributed by atoms with Gasteiger partial charge in [-0.15, -0.1) is 13.2 Å². The van der Waals surface area contributed by atoms with Crippen LogP contribution in [0, 0.1) is 0 Å². The lowest BCUT2D eigenvalue weighted by molar-refractivity contribution is -0.274. The number of nitrogens with two attached hydrogens (primary N) is 1. The van der Waals surface area contributed by atoms with Gasteiger partial charge in [-0.1, -0.05) is 11.2 Å². The topological polar surface area (TPSA) is 132 Å². The number of halogens is 3. The summed E-state index contributed by atoms with van der Waals surface area (Å²) in [5.41, 5.74) is 6.07. The standard InChI is InChI=1S/C26H30F3N7O5/c27-26(28,29)40-21-6-4-18(5-7-21)23-32-25(41-33-23)35-13-14-36(24(30)37)19(15-35)16-38-17-34-11-8-20(9-12-34)39-22-3-1-2-10-31-22/h1-7,10,19-20H,8-9,11-17H2,(H2,30,37). The van der Waals surface area contributed by atoms with Crippen LogP contribution in [0.1, 0.15) is 12.8 Å². The molecule has 41 heavy (non-hydrogen) atoms. The summed E-state index contributed by atoms with van der Waals surface area (Å²) >= 11 is 0. The lowest BCUT2D eigenvalue weighted by atomic mass is 10.1. The number of piperidine rings is 1. The van der Waals surface area contributed by atoms with Gasteiger partial charge < -0.3 is 34.3 Å². The van der Waals surface area contributed by atoms with Crippen molar-refractivity contribution in [2.24, 2.45) is 5.73 Å². The van der Waals surface area contributed by atoms with Crippen LogP contribution in [0.3, 0.4) is 0 Å². The number of nitrogens with zero attached hydrogens (tertiary/aromatic N) is 6. The van der Waals surface area contributed by atoms with Gasteiger partial charge in [0.2, 0.25) is 11.7 Å². The summed E-state index contributed by atoms with van der Waals surface area (Å²) in [6, 6.07) is 10.1. The molecule has 12 nitrogen and oxygen atoms in total. The Morgan fingerprint density at radius 3 is 2.54 bits per heavy atom. The van der Waals surface area contributed by atoms with Crippen molar-refractivity contribution in [1.82, 2.24) is 24.9 Å². The van der Waals surface area contributed by atoms with E-state index in [2.05, 4.69) is 24.8 Å². The number of benzene rings is 1. The maximum absolute atomic E-state index is 12.4. The molecule has 220 valence electrons. The molecule has 0 radical (unpaired) electrons. The molecular weight excluding hydrogens is 547 g/mol. The van der Waals surface area contributed by atoms with Gasteiger partial charge in [0.15, 0.2) is 0 Å². The average Bonchev–Trinajstić information content (AvgIpc) is 3.44. The third kappa shape index (κ3) is 7.76. The highest BCUT2D eigenvalue weighted by atomic mass is 19.4. The molecule has 0 aliphatic carbocycles. The minimum absolute atomic E-state index is 0.101. The Balaban J connectivity index is 1.12. The second-order valence-electron chi connectivity index (χ2n) is 9.71. The van der Waals surface area contributed by atoms with E-state index in [4.69, 9.17) is 19.7 Å². The van der Waals surface area contributed by atoms with Crippen molar-refractivity contribution in [2.45, 2.75) is 31.3 Å². The largest absolute Gasteiger partial charge is 0.573 e. The van der Waals surface area contributed by atoms with Gasteiger partial charge in [0.1, 0.15) is 11.9 Å². The molecule has 5 rings (SSSR count). The Bertz CT molecular complexity index is 1270. The summed E-state index contributed by atoms with van der Waals surface area (Å²) in [4.78, 5) is 26.2. The Hall–Kier alpha value is -4.11. The molecule has 1 atom stereocenters. The summed E-state index contributed by atoms with van der Waals surface area (Å²) in [6.07, 6.45) is -1.27. The van der Waals surface area contributed by atoms with Crippen LogP contribution in [0.25, 0.3) is 11.4 Å². The highest BCUT2D eigenvalue weighted by Gasteiger charge is 2.33. The Morgan fingerprint density at radius 1 is 1.07 bits per heavy atom. The molecule has 2 aromatic heterocycles. The highest BCUT2D eigenvalue weighted by Crippen LogP contribution is 2.27. The fourth-order valence-electron chi connectivity index (χ4n) is 4.79. The van der Waals surface area contributed by atoms with Crippen LogP contribution < -0.4 is 20.1 Å². The fourth-order valence-corrected chi connectivity index (χ4v) is 4.79. The zero-order valence-electron chi connectivity index (χ0n) is 22.1. The first-order chi connectivity index (χ1) is 19.7. The fraction of sp³-hybridized carbons (Fsp3) is 0.462. The van der Waals surface area contributed by atoms with Crippen molar-refractivity contribution < 1.29 is 36.7 Å². The number of hydrogen-bond donors (Lipinski definition) is 1. The number of anilines is 1. The summed E-state index contributed by atoms with van der Waals surface area (Å²) in [5, 5.41) is 3.95. The first-order valence-electron chi connectivity index (χ1n) is 13.1. The number of aromatic nitrogens is 3. The van der Waals surface area contributed by atoms with E-state index in [0.29, 0.717) is 37.8 Å². The minimum Gasteiger partial charge on any atom is -0.474 e. The Kier molecular flexibility index (Phi) is 8.73. The normalized spacial score (nSPS) is 18.9. The van der Waals surface area contributed by atoms with Crippen molar-refractivity contribution in [3.63, 3.8) is 0 Å². The van der Waals surface area contributed by atoms with Crippen LogP contribution in [0.15, 0.2) is 53.2 Å². The maximum Gasteiger partial charge on any atom is 0.573 e. The molecule has 0 spiro atoms. The van der Waals surface area contributed by atoms with E-state index in [1.165, 1.54) is 24.3 Å². The number of rotatable bonds is 9. The summed E-state index contributed by atoms with van der Waals surface area (Å²) < 4.78 is 58.5. The summed E-state index contributed by atoms with van der Waals surface area (Å²) in [7, 11) is 0. The van der Waals surface area contributed by atoms with Gasteiger partial charge in [0.25, 0.3) is 0 Å². The quantitative estimate of drug-likeness (QED) is 0.405. The van der Waals surface area contributed by atoms with E-state index in [9.17, 15) is 18.0 Å². The highest BCUT2D eigenvalue weighted by molar-refractivity contribution is 5.73. The van der Waals surface area contributed by atoms with Crippen molar-refractivity contribution in [2.75, 3.05) is 51.0 Å². The maximum atomic E-state index is 12.4. The van der Waals surface area contributed by atoms with E-state index >= 15 is 0 Å². The third-order valence-electron chi connectivity index (χ3n) is 6.84. The molecule has 15 heteroatoms. The molecule has 2 saturated heterocycles. The van der Waals surface area contributed by atoms with Gasteiger partial charge >= 0.3 is 18.4 Å². The van der Waals surface area contributed by atoms with Crippen LogP contribution in [-0.4, -0.2) is 95.5 Å². The number of ether oxygens (including phenoxy) is 3. The number of alkyl halides is 3. The van der Waals surface area contributed by atoms with Gasteiger partial charge in [0.05, 0.1) is 19.4 Å². The number of carbonyl (C=O) groups excluding carboxylic acids is 1. The Labute approximate surface area is 233 Å². The predicted molar refractivity (Wildman–Crippen MR) is 139 cm³/mol. The van der Waals surface area contributed by atoms with Gasteiger partial charge in [-0.3, -0.25) is 4.90 Å². The van der Waals surface area contributed by atoms with Crippen molar-refractivity contribution in [3.05, 3.63) is 48.7 Å². The molecule has 0 saturated carbocycles. The van der Waals surface area contributed by atoms with E-state index in [1.807, 2.05) is 23.1 Å². The number of carbonyl (C=O) groups is 1. The van der Waals surface area contributed by atoms with Crippen molar-refractivity contribution in [3.8, 4) is 23.0 Å². The van der Waals surface area contributed by atoms with Crippen LogP contribution in [0.4, 0.5) is 24.0 Å². The van der Waals surface area contributed by atoms with Crippen LogP contribution in [-0.2, 0) is 4.74 Å². The van der Waals surface area contributed by atoms with Gasteiger partial charge in [-0.05, 0) is 43.2 Å². The van der Waals surface area contributed by atoms with Crippen LogP contribution >= 0.6 is 0 Å². The van der Waals surface area contributed by atoms with Gasteiger partial charge in [-0.2, -0.15) is 4.98 Å². The molecule has 1 unspecified atom stereocenters. The zero-order chi connectivity index (χ0) is 28.8. The van der Waals surface area contributed by atoms with Crippen LogP contribution in [0.2, 0.25) is 0 Å². The number of hydrogen-bond acceptors (Lipinski definition) is 10. The summed E-state index contributed by atoms with van der Waals surface area (Å²) in [6.45, 7) is 3.36. The molecule has 1 aromatic carbocycles. The lowest BCUT2D eigenvalue weighted by Crippen LogP contribution is -2.58. The minimum atomic E-state index is -4.78. The van der Waals surface area contributed by atoms with Crippen molar-refractivity contribution in [1.29, 1.82) is 0 Å². The molecule has 4 heterocycles. The van der Waals surface area contributed by atoms with E-state index < -0.39 is 12.4 Å². The molecular formula is C26H30F3N7O5. The number of urea groups is 1. The van der Waals surface area contributed by atoms with E-state index in [1.54, 1.807) is 11.1 Å². The van der Waals surface area contributed by atoms with E-state index in [0.717, 1.165) is 25.9 Å². The molecule has 2 aliphatic rings. The smallest absolute Gasteiger partial charge is 0.474 e. The van der Waals surface area contributed by atoms with E-state index in [-0.39, 0.29) is 36.3 Å². The Morgan fingerprint density at radius 2 is 1.85 bits per heavy atom. The van der Waals surface area contributed by atoms with Crippen LogP contribution in [0.5, 0.6) is 11.6 Å². The second-order valence-corrected chi connectivity index (χ2v) is 9.71. The molecule has 2 N–H and O–H groups in total. The molecule has 2 amide bonds. The van der Waals surface area contributed by atoms with Gasteiger partial charge in [-0.25, -0.2) is 9.78 Å². The summed E-state index contributed by atoms with van der Waals surface area (Å²) in [5.74, 6) is 0.481. The number of amides is 2. The molecule has 2 fully saturated rings. The predicted octanol–water partition coefficient (Wildman–Crippen LogP) is 3.12. The van der Waals surface area contributed by atoms with Crippen molar-refractivity contribution >= 4 is 12.0 Å². The molecule has 0 bridgehead atoms. The SMILES string of the molecule is NC(=O)N1CCN(c2nc(-c3ccc(OC(F)(F)F)cc3)no2)CC1COCN1CCC(Oc2ccccn2)CC1. The number of piperazine rings is 1. The first-order valence-corrected chi connectivity index (χ1v) is 13.1. The first kappa shape index (κ1) is 28.4. The lowest BCUT2D eigenvalue weighted by Gasteiger charge is -2.40. The van der Waals surface area contributed by atoms with Gasteiger partial charge in [0, 0.05) is 50.6 Å². The second kappa shape index (κ2) is 12.6. The zero-order valence-corrected chi connectivity index (χ0v) is 22.1. The molecule has 2 aliphatic heterocycles. The molecule has 3 aromatic rings. The number of pyridine rings is 1. The average molecular weight is 578 g/mol. The number of primary amides is 1. The monoisotopic (exact) mass is 577 g/mol. The third-order valence-corrected chi connectivity index (χ3v) is 6.84.